The molecule has 0 spiro atoms. The van der Waals surface area contributed by atoms with Crippen LogP contribution in [0.15, 0.2) is 42.6 Å². The van der Waals surface area contributed by atoms with E-state index in [9.17, 15) is 0 Å². The van der Waals surface area contributed by atoms with Crippen molar-refractivity contribution in [2.75, 3.05) is 11.9 Å². The fourth-order valence-corrected chi connectivity index (χ4v) is 2.18. The zero-order chi connectivity index (χ0) is 15.5. The van der Waals surface area contributed by atoms with E-state index >= 15 is 0 Å². The fraction of sp³-hybridized carbons (Fsp3) is 0.389. The van der Waals surface area contributed by atoms with E-state index in [1.165, 1.54) is 16.8 Å². The molecule has 0 aliphatic carbocycles. The summed E-state index contributed by atoms with van der Waals surface area (Å²) in [7, 11) is 2.06. The van der Waals surface area contributed by atoms with Gasteiger partial charge in [-0.15, -0.1) is 0 Å². The largest absolute Gasteiger partial charge is 0.329 e. The van der Waals surface area contributed by atoms with Gasteiger partial charge in [-0.1, -0.05) is 18.2 Å². The molecule has 2 aromatic rings. The first-order valence-electron chi connectivity index (χ1n) is 7.36. The third-order valence-electron chi connectivity index (χ3n) is 3.45. The lowest BCUT2D eigenvalue weighted by Crippen LogP contribution is -2.35. The zero-order valence-electron chi connectivity index (χ0n) is 13.6. The Morgan fingerprint density at radius 2 is 1.86 bits per heavy atom. The molecule has 0 aliphatic heterocycles. The lowest BCUT2D eigenvalue weighted by molar-refractivity contribution is 0.424. The van der Waals surface area contributed by atoms with Gasteiger partial charge >= 0.3 is 0 Å². The first kappa shape index (κ1) is 15.5. The van der Waals surface area contributed by atoms with E-state index in [0.29, 0.717) is 0 Å². The number of nitrogens with zero attached hydrogens (tertiary/aromatic N) is 2. The molecule has 3 heteroatoms. The Labute approximate surface area is 128 Å². The van der Waals surface area contributed by atoms with Crippen molar-refractivity contribution in [1.82, 2.24) is 10.3 Å². The van der Waals surface area contributed by atoms with E-state index < -0.39 is 0 Å². The van der Waals surface area contributed by atoms with Gasteiger partial charge in [0.2, 0.25) is 0 Å². The van der Waals surface area contributed by atoms with Gasteiger partial charge in [-0.3, -0.25) is 0 Å². The molecule has 2 rings (SSSR count). The topological polar surface area (TPSA) is 28.2 Å². The van der Waals surface area contributed by atoms with Crippen LogP contribution in [0, 0.1) is 6.92 Å². The second-order valence-corrected chi connectivity index (χ2v) is 6.47. The summed E-state index contributed by atoms with van der Waals surface area (Å²) in [4.78, 5) is 6.63. The molecule has 0 saturated heterocycles. The minimum absolute atomic E-state index is 0.116. The van der Waals surface area contributed by atoms with E-state index in [-0.39, 0.29) is 5.54 Å². The number of para-hydroxylation sites is 1. The summed E-state index contributed by atoms with van der Waals surface area (Å²) in [5.41, 5.74) is 3.80. The molecular weight excluding hydrogens is 258 g/mol. The van der Waals surface area contributed by atoms with Crippen molar-refractivity contribution >= 4 is 11.5 Å². The number of benzene rings is 1. The van der Waals surface area contributed by atoms with E-state index in [0.717, 1.165) is 12.4 Å². The predicted octanol–water partition coefficient (Wildman–Crippen LogP) is 4.05. The van der Waals surface area contributed by atoms with Gasteiger partial charge in [0.1, 0.15) is 5.82 Å². The number of hydrogen-bond acceptors (Lipinski definition) is 3. The number of aromatic nitrogens is 1. The van der Waals surface area contributed by atoms with Gasteiger partial charge in [0, 0.05) is 31.0 Å². The maximum Gasteiger partial charge on any atom is 0.132 e. The molecule has 0 aliphatic rings. The summed E-state index contributed by atoms with van der Waals surface area (Å²) in [5, 5.41) is 3.51. The maximum absolute atomic E-state index is 4.50. The quantitative estimate of drug-likeness (QED) is 0.917. The maximum atomic E-state index is 4.50. The fourth-order valence-electron chi connectivity index (χ4n) is 2.18. The lowest BCUT2D eigenvalue weighted by atomic mass is 10.1. The molecule has 0 fully saturated rings. The van der Waals surface area contributed by atoms with Crippen LogP contribution in [0.4, 0.5) is 11.5 Å². The first-order valence-corrected chi connectivity index (χ1v) is 7.36. The average molecular weight is 283 g/mol. The Balaban J connectivity index is 2.19. The Bertz CT molecular complexity index is 599. The standard InChI is InChI=1S/C18H25N3/c1-14-8-6-7-9-16(14)21(5)17-12-15(10-11-19-17)13-20-18(2,3)4/h6-12,20H,13H2,1-5H3. The molecule has 1 aromatic heterocycles. The highest BCUT2D eigenvalue weighted by molar-refractivity contribution is 5.63. The van der Waals surface area contributed by atoms with Gasteiger partial charge in [-0.05, 0) is 57.0 Å². The van der Waals surface area contributed by atoms with Crippen LogP contribution >= 0.6 is 0 Å². The summed E-state index contributed by atoms with van der Waals surface area (Å²) < 4.78 is 0. The van der Waals surface area contributed by atoms with Crippen LogP contribution in [0.1, 0.15) is 31.9 Å². The van der Waals surface area contributed by atoms with Crippen molar-refractivity contribution < 1.29 is 0 Å². The molecule has 0 bridgehead atoms. The van der Waals surface area contributed by atoms with Crippen LogP contribution < -0.4 is 10.2 Å². The normalized spacial score (nSPS) is 11.5. The molecule has 0 amide bonds. The highest BCUT2D eigenvalue weighted by Crippen LogP contribution is 2.25. The predicted molar refractivity (Wildman–Crippen MR) is 90.1 cm³/mol. The van der Waals surface area contributed by atoms with Crippen LogP contribution in [0.3, 0.4) is 0 Å². The number of nitrogens with one attached hydrogen (secondary N) is 1. The second kappa shape index (κ2) is 6.27. The van der Waals surface area contributed by atoms with Crippen molar-refractivity contribution in [3.05, 3.63) is 53.7 Å². The van der Waals surface area contributed by atoms with Crippen molar-refractivity contribution in [3.8, 4) is 0 Å². The molecule has 0 unspecified atom stereocenters. The second-order valence-electron chi connectivity index (χ2n) is 6.47. The molecule has 0 atom stereocenters. The van der Waals surface area contributed by atoms with Crippen LogP contribution in [0.25, 0.3) is 0 Å². The van der Waals surface area contributed by atoms with Crippen LogP contribution in [-0.4, -0.2) is 17.6 Å². The molecule has 3 nitrogen and oxygen atoms in total. The third kappa shape index (κ3) is 4.30. The Hall–Kier alpha value is -1.87. The van der Waals surface area contributed by atoms with Crippen molar-refractivity contribution in [1.29, 1.82) is 0 Å². The van der Waals surface area contributed by atoms with E-state index in [1.807, 2.05) is 6.20 Å². The van der Waals surface area contributed by atoms with E-state index in [2.05, 4.69) is 86.3 Å². The summed E-state index contributed by atoms with van der Waals surface area (Å²) in [6.07, 6.45) is 1.88. The van der Waals surface area contributed by atoms with Crippen LogP contribution in [0.5, 0.6) is 0 Å². The van der Waals surface area contributed by atoms with Gasteiger partial charge in [-0.2, -0.15) is 0 Å². The molecule has 1 N–H and O–H groups in total. The number of anilines is 2. The summed E-state index contributed by atoms with van der Waals surface area (Å²) in [5.74, 6) is 0.970. The highest BCUT2D eigenvalue weighted by Gasteiger charge is 2.11. The van der Waals surface area contributed by atoms with Crippen LogP contribution in [0.2, 0.25) is 0 Å². The molecule has 0 radical (unpaired) electrons. The Morgan fingerprint density at radius 3 is 2.52 bits per heavy atom. The van der Waals surface area contributed by atoms with Crippen LogP contribution in [-0.2, 0) is 6.54 Å². The average Bonchev–Trinajstić information content (AvgIpc) is 2.44. The third-order valence-corrected chi connectivity index (χ3v) is 3.45. The Kier molecular flexibility index (Phi) is 4.63. The smallest absolute Gasteiger partial charge is 0.132 e. The van der Waals surface area contributed by atoms with Crippen molar-refractivity contribution in [2.24, 2.45) is 0 Å². The van der Waals surface area contributed by atoms with Gasteiger partial charge < -0.3 is 10.2 Å². The van der Waals surface area contributed by atoms with Crippen molar-refractivity contribution in [2.45, 2.75) is 39.8 Å². The SMILES string of the molecule is Cc1ccccc1N(C)c1cc(CNC(C)(C)C)ccn1. The lowest BCUT2D eigenvalue weighted by Gasteiger charge is -2.23. The molecule has 112 valence electrons. The van der Waals surface area contributed by atoms with Crippen molar-refractivity contribution in [3.63, 3.8) is 0 Å². The molecule has 1 heterocycles. The molecule has 1 aromatic carbocycles. The summed E-state index contributed by atoms with van der Waals surface area (Å²) in [6.45, 7) is 9.50. The van der Waals surface area contributed by atoms with Gasteiger partial charge in [0.25, 0.3) is 0 Å². The number of hydrogen-bond donors (Lipinski definition) is 1. The first-order chi connectivity index (χ1) is 9.87. The van der Waals surface area contributed by atoms with E-state index in [1.54, 1.807) is 0 Å². The van der Waals surface area contributed by atoms with Gasteiger partial charge in [0.15, 0.2) is 0 Å². The van der Waals surface area contributed by atoms with Gasteiger partial charge in [0.05, 0.1) is 0 Å². The molecule has 0 saturated carbocycles. The summed E-state index contributed by atoms with van der Waals surface area (Å²) >= 11 is 0. The monoisotopic (exact) mass is 283 g/mol. The number of pyridine rings is 1. The highest BCUT2D eigenvalue weighted by atomic mass is 15.2. The Morgan fingerprint density at radius 1 is 1.14 bits per heavy atom. The number of rotatable bonds is 4. The number of aryl methyl sites for hydroxylation is 1. The minimum Gasteiger partial charge on any atom is -0.329 e. The molecule has 21 heavy (non-hydrogen) atoms. The zero-order valence-corrected chi connectivity index (χ0v) is 13.6. The van der Waals surface area contributed by atoms with E-state index in [4.69, 9.17) is 0 Å². The molecular formula is C18H25N3. The minimum atomic E-state index is 0.116. The van der Waals surface area contributed by atoms with Gasteiger partial charge in [-0.25, -0.2) is 4.98 Å². The summed E-state index contributed by atoms with van der Waals surface area (Å²) in [6, 6.07) is 12.6.